The lowest BCUT2D eigenvalue weighted by atomic mass is 10.2. The summed E-state index contributed by atoms with van der Waals surface area (Å²) in [5.41, 5.74) is 7.43. The molecular formula is C10H15N3. The van der Waals surface area contributed by atoms with Crippen molar-refractivity contribution in [3.05, 3.63) is 17.5 Å². The fourth-order valence-electron chi connectivity index (χ4n) is 1.13. The zero-order chi connectivity index (χ0) is 9.68. The Bertz CT molecular complexity index is 328. The molecule has 0 spiro atoms. The van der Waals surface area contributed by atoms with Gasteiger partial charge in [0.1, 0.15) is 0 Å². The third-order valence-corrected chi connectivity index (χ3v) is 1.73. The number of nitrogens with two attached hydrogens (primary N) is 1. The summed E-state index contributed by atoms with van der Waals surface area (Å²) in [5, 5.41) is 4.29. The second-order valence-corrected chi connectivity index (χ2v) is 2.86. The molecule has 0 unspecified atom stereocenters. The van der Waals surface area contributed by atoms with Crippen LogP contribution >= 0.6 is 0 Å². The van der Waals surface area contributed by atoms with Crippen molar-refractivity contribution in [2.75, 3.05) is 6.54 Å². The van der Waals surface area contributed by atoms with Gasteiger partial charge in [-0.1, -0.05) is 18.8 Å². The highest BCUT2D eigenvalue weighted by molar-refractivity contribution is 5.36. The molecule has 0 atom stereocenters. The van der Waals surface area contributed by atoms with Crippen LogP contribution in [0.3, 0.4) is 0 Å². The fraction of sp³-hybridized carbons (Fsp3) is 0.500. The zero-order valence-electron chi connectivity index (χ0n) is 8.17. The molecule has 0 radical (unpaired) electrons. The standard InChI is InChI=1S/C10H15N3/c1-3-10-9(6-4-5-7-11)8-13(2)12-10/h8H,3,5,7,11H2,1-2H3. The van der Waals surface area contributed by atoms with E-state index in [0.29, 0.717) is 6.54 Å². The molecule has 0 aliphatic carbocycles. The van der Waals surface area contributed by atoms with E-state index in [1.165, 1.54) is 0 Å². The number of aromatic nitrogens is 2. The lowest BCUT2D eigenvalue weighted by Crippen LogP contribution is -1.95. The lowest BCUT2D eigenvalue weighted by Gasteiger charge is -1.87. The maximum Gasteiger partial charge on any atom is 0.0778 e. The molecule has 2 N–H and O–H groups in total. The monoisotopic (exact) mass is 177 g/mol. The van der Waals surface area contributed by atoms with Crippen molar-refractivity contribution >= 4 is 0 Å². The van der Waals surface area contributed by atoms with Crippen molar-refractivity contribution in [2.45, 2.75) is 19.8 Å². The second kappa shape index (κ2) is 4.68. The summed E-state index contributed by atoms with van der Waals surface area (Å²) in [6.45, 7) is 2.70. The Hall–Kier alpha value is -1.27. The fourth-order valence-corrected chi connectivity index (χ4v) is 1.13. The number of nitrogens with zero attached hydrogens (tertiary/aromatic N) is 2. The van der Waals surface area contributed by atoms with E-state index in [-0.39, 0.29) is 0 Å². The predicted octanol–water partition coefficient (Wildman–Crippen LogP) is 0.683. The van der Waals surface area contributed by atoms with Crippen LogP contribution in [0.5, 0.6) is 0 Å². The van der Waals surface area contributed by atoms with E-state index in [1.807, 2.05) is 13.2 Å². The van der Waals surface area contributed by atoms with E-state index < -0.39 is 0 Å². The molecule has 0 bridgehead atoms. The van der Waals surface area contributed by atoms with Crippen LogP contribution in [0, 0.1) is 11.8 Å². The van der Waals surface area contributed by atoms with Crippen molar-refractivity contribution in [1.82, 2.24) is 9.78 Å². The van der Waals surface area contributed by atoms with Crippen LogP contribution < -0.4 is 5.73 Å². The molecule has 1 heterocycles. The Morgan fingerprint density at radius 2 is 2.38 bits per heavy atom. The van der Waals surface area contributed by atoms with Crippen molar-refractivity contribution in [1.29, 1.82) is 0 Å². The first-order valence-corrected chi connectivity index (χ1v) is 4.49. The van der Waals surface area contributed by atoms with Gasteiger partial charge in [-0.3, -0.25) is 4.68 Å². The van der Waals surface area contributed by atoms with Gasteiger partial charge < -0.3 is 5.73 Å². The van der Waals surface area contributed by atoms with Crippen LogP contribution in [0.25, 0.3) is 0 Å². The number of rotatable bonds is 2. The number of hydrogen-bond donors (Lipinski definition) is 1. The molecule has 0 amide bonds. The van der Waals surface area contributed by atoms with Gasteiger partial charge in [0, 0.05) is 26.2 Å². The molecule has 0 aliphatic rings. The van der Waals surface area contributed by atoms with Gasteiger partial charge in [-0.2, -0.15) is 5.10 Å². The average Bonchev–Trinajstić information content (AvgIpc) is 2.47. The molecule has 0 aromatic carbocycles. The molecule has 0 saturated carbocycles. The maximum atomic E-state index is 5.35. The van der Waals surface area contributed by atoms with Gasteiger partial charge in [0.25, 0.3) is 0 Å². The van der Waals surface area contributed by atoms with Crippen LogP contribution in [0.2, 0.25) is 0 Å². The van der Waals surface area contributed by atoms with Crippen LogP contribution in [-0.4, -0.2) is 16.3 Å². The third-order valence-electron chi connectivity index (χ3n) is 1.73. The van der Waals surface area contributed by atoms with Gasteiger partial charge in [-0.05, 0) is 6.42 Å². The van der Waals surface area contributed by atoms with E-state index >= 15 is 0 Å². The average molecular weight is 177 g/mol. The Kier molecular flexibility index (Phi) is 3.53. The van der Waals surface area contributed by atoms with Crippen molar-refractivity contribution in [3.63, 3.8) is 0 Å². The summed E-state index contributed by atoms with van der Waals surface area (Å²) in [7, 11) is 1.91. The summed E-state index contributed by atoms with van der Waals surface area (Å²) in [6, 6.07) is 0. The van der Waals surface area contributed by atoms with Gasteiger partial charge in [-0.25, -0.2) is 0 Å². The number of aryl methyl sites for hydroxylation is 2. The Labute approximate surface area is 78.9 Å². The first-order chi connectivity index (χ1) is 6.27. The van der Waals surface area contributed by atoms with Crippen LogP contribution in [-0.2, 0) is 13.5 Å². The molecule has 0 aliphatic heterocycles. The molecule has 1 aromatic rings. The predicted molar refractivity (Wildman–Crippen MR) is 53.1 cm³/mol. The molecule has 3 heteroatoms. The first-order valence-electron chi connectivity index (χ1n) is 4.49. The Balaban J connectivity index is 2.82. The summed E-state index contributed by atoms with van der Waals surface area (Å²) in [6.07, 6.45) is 3.62. The van der Waals surface area contributed by atoms with Crippen LogP contribution in [0.4, 0.5) is 0 Å². The molecule has 3 nitrogen and oxygen atoms in total. The van der Waals surface area contributed by atoms with E-state index in [2.05, 4.69) is 23.9 Å². The van der Waals surface area contributed by atoms with Crippen LogP contribution in [0.1, 0.15) is 24.6 Å². The van der Waals surface area contributed by atoms with E-state index in [1.54, 1.807) is 4.68 Å². The summed E-state index contributed by atoms with van der Waals surface area (Å²) >= 11 is 0. The Morgan fingerprint density at radius 1 is 1.62 bits per heavy atom. The van der Waals surface area contributed by atoms with Gasteiger partial charge in [0.05, 0.1) is 11.3 Å². The highest BCUT2D eigenvalue weighted by Gasteiger charge is 2.01. The van der Waals surface area contributed by atoms with Gasteiger partial charge in [0.15, 0.2) is 0 Å². The van der Waals surface area contributed by atoms with Crippen molar-refractivity contribution < 1.29 is 0 Å². The smallest absolute Gasteiger partial charge is 0.0778 e. The molecular weight excluding hydrogens is 162 g/mol. The lowest BCUT2D eigenvalue weighted by molar-refractivity contribution is 0.746. The van der Waals surface area contributed by atoms with Gasteiger partial charge in [-0.15, -0.1) is 0 Å². The molecule has 70 valence electrons. The molecule has 1 aromatic heterocycles. The quantitative estimate of drug-likeness (QED) is 0.675. The maximum absolute atomic E-state index is 5.35. The zero-order valence-corrected chi connectivity index (χ0v) is 8.17. The van der Waals surface area contributed by atoms with E-state index in [0.717, 1.165) is 24.1 Å². The topological polar surface area (TPSA) is 43.8 Å². The molecule has 0 saturated heterocycles. The second-order valence-electron chi connectivity index (χ2n) is 2.86. The first kappa shape index (κ1) is 9.82. The molecule has 0 fully saturated rings. The Morgan fingerprint density at radius 3 is 3.00 bits per heavy atom. The summed E-state index contributed by atoms with van der Waals surface area (Å²) in [5.74, 6) is 6.08. The third kappa shape index (κ3) is 2.60. The SMILES string of the molecule is CCc1nn(C)cc1C#CCCN. The number of hydrogen-bond acceptors (Lipinski definition) is 2. The highest BCUT2D eigenvalue weighted by atomic mass is 15.2. The minimum Gasteiger partial charge on any atom is -0.330 e. The van der Waals surface area contributed by atoms with Crippen molar-refractivity contribution in [3.8, 4) is 11.8 Å². The normalized spacial score (nSPS) is 9.46. The van der Waals surface area contributed by atoms with E-state index in [9.17, 15) is 0 Å². The van der Waals surface area contributed by atoms with Gasteiger partial charge >= 0.3 is 0 Å². The minimum atomic E-state index is 0.620. The summed E-state index contributed by atoms with van der Waals surface area (Å²) < 4.78 is 1.80. The van der Waals surface area contributed by atoms with E-state index in [4.69, 9.17) is 5.73 Å². The largest absolute Gasteiger partial charge is 0.330 e. The highest BCUT2D eigenvalue weighted by Crippen LogP contribution is 2.04. The molecule has 13 heavy (non-hydrogen) atoms. The van der Waals surface area contributed by atoms with Crippen molar-refractivity contribution in [2.24, 2.45) is 12.8 Å². The van der Waals surface area contributed by atoms with Crippen LogP contribution in [0.15, 0.2) is 6.20 Å². The minimum absolute atomic E-state index is 0.620. The van der Waals surface area contributed by atoms with Gasteiger partial charge in [0.2, 0.25) is 0 Å². The summed E-state index contributed by atoms with van der Waals surface area (Å²) in [4.78, 5) is 0. The molecule has 1 rings (SSSR count).